The molecule has 0 saturated heterocycles. The van der Waals surface area contributed by atoms with Crippen LogP contribution in [0.2, 0.25) is 0 Å². The van der Waals surface area contributed by atoms with Gasteiger partial charge in [0.15, 0.2) is 0 Å². The van der Waals surface area contributed by atoms with E-state index in [1.165, 1.54) is 0 Å². The Morgan fingerprint density at radius 2 is 1.17 bits per heavy atom. The topological polar surface area (TPSA) is 18.5 Å². The molecule has 0 fully saturated rings. The van der Waals surface area contributed by atoms with Gasteiger partial charge in [-0.1, -0.05) is 24.3 Å². The first-order chi connectivity index (χ1) is 8.86. The minimum Gasteiger partial charge on any atom is -0.492 e. The van der Waals surface area contributed by atoms with Crippen molar-refractivity contribution >= 4 is 34.0 Å². The normalized spacial score (nSPS) is 10.6. The summed E-state index contributed by atoms with van der Waals surface area (Å²) >= 11 is 11.3. The SMILES string of the molecule is ClCCOc1cccc2c(OCCCl)cccc12. The summed E-state index contributed by atoms with van der Waals surface area (Å²) < 4.78 is 11.2. The van der Waals surface area contributed by atoms with E-state index in [1.807, 2.05) is 36.4 Å². The first kappa shape index (κ1) is 13.3. The van der Waals surface area contributed by atoms with Crippen LogP contribution >= 0.6 is 23.2 Å². The molecule has 0 aliphatic heterocycles. The van der Waals surface area contributed by atoms with Crippen molar-refractivity contribution in [3.8, 4) is 11.5 Å². The standard InChI is InChI=1S/C14H14Cl2O2/c15-7-9-17-13-5-1-3-11-12(13)4-2-6-14(11)18-10-8-16/h1-6H,7-10H2. The van der Waals surface area contributed by atoms with Gasteiger partial charge in [0.05, 0.1) is 11.8 Å². The third-order valence-corrected chi connectivity index (χ3v) is 2.82. The number of halogens is 2. The van der Waals surface area contributed by atoms with Gasteiger partial charge in [-0.2, -0.15) is 0 Å². The van der Waals surface area contributed by atoms with Crippen molar-refractivity contribution in [3.05, 3.63) is 36.4 Å². The van der Waals surface area contributed by atoms with E-state index in [2.05, 4.69) is 0 Å². The Hall–Kier alpha value is -1.12. The van der Waals surface area contributed by atoms with Crippen LogP contribution in [0, 0.1) is 0 Å². The van der Waals surface area contributed by atoms with Gasteiger partial charge in [0.25, 0.3) is 0 Å². The largest absolute Gasteiger partial charge is 0.492 e. The lowest BCUT2D eigenvalue weighted by molar-refractivity contribution is 0.343. The summed E-state index contributed by atoms with van der Waals surface area (Å²) in [4.78, 5) is 0. The highest BCUT2D eigenvalue weighted by Crippen LogP contribution is 2.32. The minimum absolute atomic E-state index is 0.471. The number of fused-ring (bicyclic) bond motifs is 1. The second kappa shape index (κ2) is 6.72. The summed E-state index contributed by atoms with van der Waals surface area (Å²) in [6.45, 7) is 0.987. The van der Waals surface area contributed by atoms with Crippen molar-refractivity contribution in [1.29, 1.82) is 0 Å². The summed E-state index contributed by atoms with van der Waals surface area (Å²) in [5.74, 6) is 2.59. The lowest BCUT2D eigenvalue weighted by atomic mass is 10.1. The van der Waals surface area contributed by atoms with E-state index in [9.17, 15) is 0 Å². The second-order valence-corrected chi connectivity index (χ2v) is 4.44. The zero-order chi connectivity index (χ0) is 12.8. The minimum atomic E-state index is 0.471. The molecule has 2 rings (SSSR count). The van der Waals surface area contributed by atoms with E-state index >= 15 is 0 Å². The average Bonchev–Trinajstić information content (AvgIpc) is 2.42. The highest BCUT2D eigenvalue weighted by molar-refractivity contribution is 6.18. The lowest BCUT2D eigenvalue weighted by Crippen LogP contribution is -2.00. The zero-order valence-electron chi connectivity index (χ0n) is 9.86. The molecule has 4 heteroatoms. The molecule has 0 atom stereocenters. The molecule has 0 amide bonds. The van der Waals surface area contributed by atoms with Crippen LogP contribution in [0.1, 0.15) is 0 Å². The summed E-state index contributed by atoms with van der Waals surface area (Å²) in [7, 11) is 0. The van der Waals surface area contributed by atoms with E-state index in [1.54, 1.807) is 0 Å². The summed E-state index contributed by atoms with van der Waals surface area (Å²) in [6, 6.07) is 11.8. The van der Waals surface area contributed by atoms with Crippen LogP contribution in [0.25, 0.3) is 10.8 Å². The van der Waals surface area contributed by atoms with Gasteiger partial charge in [0.2, 0.25) is 0 Å². The molecule has 0 aliphatic rings. The van der Waals surface area contributed by atoms with Crippen molar-refractivity contribution in [3.63, 3.8) is 0 Å². The lowest BCUT2D eigenvalue weighted by Gasteiger charge is -2.11. The molecule has 0 saturated carbocycles. The summed E-state index contributed by atoms with van der Waals surface area (Å²) in [5.41, 5.74) is 0. The van der Waals surface area contributed by atoms with E-state index in [4.69, 9.17) is 32.7 Å². The fourth-order valence-electron chi connectivity index (χ4n) is 1.80. The van der Waals surface area contributed by atoms with Gasteiger partial charge >= 0.3 is 0 Å². The molecule has 0 unspecified atom stereocenters. The quantitative estimate of drug-likeness (QED) is 0.745. The molecular weight excluding hydrogens is 271 g/mol. The predicted molar refractivity (Wildman–Crippen MR) is 76.4 cm³/mol. The molecule has 96 valence electrons. The van der Waals surface area contributed by atoms with Gasteiger partial charge in [-0.15, -0.1) is 23.2 Å². The molecule has 0 bridgehead atoms. The first-order valence-corrected chi connectivity index (χ1v) is 6.83. The van der Waals surface area contributed by atoms with Crippen molar-refractivity contribution in [2.45, 2.75) is 0 Å². The van der Waals surface area contributed by atoms with Crippen molar-refractivity contribution in [2.24, 2.45) is 0 Å². The molecule has 0 aliphatic carbocycles. The number of benzene rings is 2. The summed E-state index contributed by atoms with van der Waals surface area (Å²) in [6.07, 6.45) is 0. The highest BCUT2D eigenvalue weighted by atomic mass is 35.5. The number of alkyl halides is 2. The van der Waals surface area contributed by atoms with Crippen LogP contribution in [-0.4, -0.2) is 25.0 Å². The molecule has 0 spiro atoms. The third kappa shape index (κ3) is 3.01. The molecular formula is C14H14Cl2O2. The van der Waals surface area contributed by atoms with Crippen molar-refractivity contribution in [1.82, 2.24) is 0 Å². The van der Waals surface area contributed by atoms with Crippen molar-refractivity contribution < 1.29 is 9.47 Å². The molecule has 0 radical (unpaired) electrons. The second-order valence-electron chi connectivity index (χ2n) is 3.68. The number of hydrogen-bond donors (Lipinski definition) is 0. The fourth-order valence-corrected chi connectivity index (χ4v) is 1.96. The Bertz CT molecular complexity index is 467. The van der Waals surface area contributed by atoms with Gasteiger partial charge in [-0.3, -0.25) is 0 Å². The van der Waals surface area contributed by atoms with Crippen LogP contribution < -0.4 is 9.47 Å². The Morgan fingerprint density at radius 1 is 0.722 bits per heavy atom. The van der Waals surface area contributed by atoms with E-state index < -0.39 is 0 Å². The Morgan fingerprint density at radius 3 is 1.56 bits per heavy atom. The molecule has 2 aromatic rings. The predicted octanol–water partition coefficient (Wildman–Crippen LogP) is 4.08. The Labute approximate surface area is 116 Å². The van der Waals surface area contributed by atoms with Gasteiger partial charge in [-0.25, -0.2) is 0 Å². The highest BCUT2D eigenvalue weighted by Gasteiger charge is 2.06. The van der Waals surface area contributed by atoms with E-state index in [0.717, 1.165) is 22.3 Å². The maximum atomic E-state index is 5.64. The monoisotopic (exact) mass is 284 g/mol. The zero-order valence-corrected chi connectivity index (χ0v) is 11.4. The first-order valence-electron chi connectivity index (χ1n) is 5.76. The summed E-state index contributed by atoms with van der Waals surface area (Å²) in [5, 5.41) is 2.05. The molecule has 0 heterocycles. The smallest absolute Gasteiger partial charge is 0.127 e. The molecule has 0 N–H and O–H groups in total. The van der Waals surface area contributed by atoms with Crippen LogP contribution in [0.5, 0.6) is 11.5 Å². The third-order valence-electron chi connectivity index (χ3n) is 2.51. The maximum Gasteiger partial charge on any atom is 0.127 e. The van der Waals surface area contributed by atoms with Gasteiger partial charge in [-0.05, 0) is 12.1 Å². The molecule has 2 aromatic carbocycles. The maximum absolute atomic E-state index is 5.64. The van der Waals surface area contributed by atoms with Crippen LogP contribution in [0.4, 0.5) is 0 Å². The molecule has 0 aromatic heterocycles. The van der Waals surface area contributed by atoms with Crippen LogP contribution in [0.15, 0.2) is 36.4 Å². The Balaban J connectivity index is 2.37. The fraction of sp³-hybridized carbons (Fsp3) is 0.286. The van der Waals surface area contributed by atoms with E-state index in [0.29, 0.717) is 25.0 Å². The van der Waals surface area contributed by atoms with Crippen LogP contribution in [-0.2, 0) is 0 Å². The Kier molecular flexibility index (Phi) is 4.97. The molecule has 18 heavy (non-hydrogen) atoms. The number of hydrogen-bond acceptors (Lipinski definition) is 2. The van der Waals surface area contributed by atoms with Gasteiger partial charge in [0, 0.05) is 10.8 Å². The van der Waals surface area contributed by atoms with Crippen molar-refractivity contribution in [2.75, 3.05) is 25.0 Å². The van der Waals surface area contributed by atoms with E-state index in [-0.39, 0.29) is 0 Å². The number of ether oxygens (including phenoxy) is 2. The molecule has 2 nitrogen and oxygen atoms in total. The average molecular weight is 285 g/mol. The van der Waals surface area contributed by atoms with Gasteiger partial charge < -0.3 is 9.47 Å². The number of rotatable bonds is 6. The van der Waals surface area contributed by atoms with Crippen LogP contribution in [0.3, 0.4) is 0 Å². The van der Waals surface area contributed by atoms with Gasteiger partial charge in [0.1, 0.15) is 24.7 Å².